The van der Waals surface area contributed by atoms with Gasteiger partial charge < -0.3 is 14.8 Å². The van der Waals surface area contributed by atoms with E-state index >= 15 is 0 Å². The summed E-state index contributed by atoms with van der Waals surface area (Å²) in [6.45, 7) is 0.600. The molecular weight excluding hydrogens is 337 g/mol. The number of hydrogen-bond donors (Lipinski definition) is 1. The molecule has 2 aromatic rings. The van der Waals surface area contributed by atoms with Crippen LogP contribution in [0.3, 0.4) is 0 Å². The Morgan fingerprint density at radius 1 is 1.33 bits per heavy atom. The molecule has 0 radical (unpaired) electrons. The van der Waals surface area contributed by atoms with Gasteiger partial charge in [-0.2, -0.15) is 0 Å². The molecular formula is C16H15BrFNO2. The Hall–Kier alpha value is -1.75. The third-order valence-corrected chi connectivity index (χ3v) is 4.20. The zero-order chi connectivity index (χ0) is 14.8. The molecule has 0 saturated heterocycles. The average Bonchev–Trinajstić information content (AvgIpc) is 2.50. The van der Waals surface area contributed by atoms with Gasteiger partial charge in [-0.1, -0.05) is 6.07 Å². The molecule has 3 rings (SSSR count). The van der Waals surface area contributed by atoms with Gasteiger partial charge in [0.15, 0.2) is 0 Å². The molecule has 21 heavy (non-hydrogen) atoms. The highest BCUT2D eigenvalue weighted by atomic mass is 79.9. The van der Waals surface area contributed by atoms with Crippen molar-refractivity contribution in [2.75, 3.05) is 19.0 Å². The van der Waals surface area contributed by atoms with Gasteiger partial charge >= 0.3 is 0 Å². The highest BCUT2D eigenvalue weighted by molar-refractivity contribution is 9.10. The topological polar surface area (TPSA) is 30.5 Å². The molecule has 0 amide bonds. The number of hydrogen-bond acceptors (Lipinski definition) is 3. The molecule has 110 valence electrons. The maximum absolute atomic E-state index is 14.0. The summed E-state index contributed by atoms with van der Waals surface area (Å²) >= 11 is 3.38. The fourth-order valence-electron chi connectivity index (χ4n) is 2.46. The molecule has 0 fully saturated rings. The molecule has 3 nitrogen and oxygen atoms in total. The molecule has 0 bridgehead atoms. The average molecular weight is 352 g/mol. The quantitative estimate of drug-likeness (QED) is 0.880. The van der Waals surface area contributed by atoms with E-state index in [0.29, 0.717) is 16.8 Å². The van der Waals surface area contributed by atoms with Gasteiger partial charge in [0.05, 0.1) is 25.4 Å². The lowest BCUT2D eigenvalue weighted by Gasteiger charge is -2.28. The van der Waals surface area contributed by atoms with Gasteiger partial charge in [0.25, 0.3) is 0 Å². The van der Waals surface area contributed by atoms with Crippen molar-refractivity contribution in [3.8, 4) is 11.5 Å². The standard InChI is InChI=1S/C16H15BrFNO2/c1-20-10-5-6-15-11(9-10)14(7-8-21-15)19-16-12(17)3-2-4-13(16)18/h2-6,9,14,19H,7-8H2,1H3. The maximum atomic E-state index is 14.0. The lowest BCUT2D eigenvalue weighted by molar-refractivity contribution is 0.273. The van der Waals surface area contributed by atoms with E-state index in [0.717, 1.165) is 23.5 Å². The minimum atomic E-state index is -0.277. The van der Waals surface area contributed by atoms with Crippen LogP contribution in [0.1, 0.15) is 18.0 Å². The number of methoxy groups -OCH3 is 1. The van der Waals surface area contributed by atoms with Crippen LogP contribution in [-0.2, 0) is 0 Å². The third-order valence-electron chi connectivity index (χ3n) is 3.54. The summed E-state index contributed by atoms with van der Waals surface area (Å²) in [4.78, 5) is 0. The highest BCUT2D eigenvalue weighted by Crippen LogP contribution is 2.38. The van der Waals surface area contributed by atoms with Crippen LogP contribution in [0.5, 0.6) is 11.5 Å². The molecule has 2 aromatic carbocycles. The number of nitrogens with one attached hydrogen (secondary N) is 1. The van der Waals surface area contributed by atoms with Crippen molar-refractivity contribution in [2.45, 2.75) is 12.5 Å². The molecule has 1 aliphatic heterocycles. The molecule has 1 unspecified atom stereocenters. The normalized spacial score (nSPS) is 16.8. The Balaban J connectivity index is 1.95. The van der Waals surface area contributed by atoms with Gasteiger partial charge in [0.2, 0.25) is 0 Å². The van der Waals surface area contributed by atoms with Gasteiger partial charge in [-0.3, -0.25) is 0 Å². The first kappa shape index (κ1) is 14.2. The minimum absolute atomic E-state index is 0.0166. The van der Waals surface area contributed by atoms with E-state index in [1.165, 1.54) is 6.07 Å². The predicted molar refractivity (Wildman–Crippen MR) is 83.6 cm³/mol. The largest absolute Gasteiger partial charge is 0.497 e. The van der Waals surface area contributed by atoms with E-state index in [9.17, 15) is 4.39 Å². The number of para-hydroxylation sites is 1. The zero-order valence-corrected chi connectivity index (χ0v) is 13.1. The monoisotopic (exact) mass is 351 g/mol. The lowest BCUT2D eigenvalue weighted by Crippen LogP contribution is -2.21. The first-order valence-corrected chi connectivity index (χ1v) is 7.49. The predicted octanol–water partition coefficient (Wildman–Crippen LogP) is 4.53. The molecule has 0 aliphatic carbocycles. The van der Waals surface area contributed by atoms with Crippen molar-refractivity contribution in [3.63, 3.8) is 0 Å². The summed E-state index contributed by atoms with van der Waals surface area (Å²) in [7, 11) is 1.63. The molecule has 0 aromatic heterocycles. The molecule has 5 heteroatoms. The number of rotatable bonds is 3. The van der Waals surface area contributed by atoms with E-state index in [1.807, 2.05) is 24.3 Å². The van der Waals surface area contributed by atoms with Crippen LogP contribution in [0, 0.1) is 5.82 Å². The number of anilines is 1. The molecule has 1 atom stereocenters. The van der Waals surface area contributed by atoms with Crippen molar-refractivity contribution in [1.82, 2.24) is 0 Å². The van der Waals surface area contributed by atoms with E-state index in [-0.39, 0.29) is 11.9 Å². The Labute approximate surface area is 131 Å². The molecule has 1 heterocycles. The Morgan fingerprint density at radius 3 is 2.95 bits per heavy atom. The van der Waals surface area contributed by atoms with E-state index in [4.69, 9.17) is 9.47 Å². The molecule has 0 saturated carbocycles. The number of ether oxygens (including phenoxy) is 2. The van der Waals surface area contributed by atoms with Crippen LogP contribution in [0.15, 0.2) is 40.9 Å². The molecule has 1 N–H and O–H groups in total. The van der Waals surface area contributed by atoms with Gasteiger partial charge in [0, 0.05) is 16.5 Å². The lowest BCUT2D eigenvalue weighted by atomic mass is 10.00. The summed E-state index contributed by atoms with van der Waals surface area (Å²) in [5.74, 6) is 1.30. The number of fused-ring (bicyclic) bond motifs is 1. The Kier molecular flexibility index (Phi) is 4.01. The van der Waals surface area contributed by atoms with Gasteiger partial charge in [-0.05, 0) is 46.3 Å². The Morgan fingerprint density at radius 2 is 2.19 bits per heavy atom. The highest BCUT2D eigenvalue weighted by Gasteiger charge is 2.23. The SMILES string of the molecule is COc1ccc2c(c1)C(Nc1c(F)cccc1Br)CCO2. The third kappa shape index (κ3) is 2.83. The summed E-state index contributed by atoms with van der Waals surface area (Å²) < 4.78 is 25.6. The van der Waals surface area contributed by atoms with Crippen molar-refractivity contribution < 1.29 is 13.9 Å². The van der Waals surface area contributed by atoms with Gasteiger partial charge in [-0.25, -0.2) is 4.39 Å². The fourth-order valence-corrected chi connectivity index (χ4v) is 2.92. The zero-order valence-electron chi connectivity index (χ0n) is 11.5. The van der Waals surface area contributed by atoms with Crippen molar-refractivity contribution in [1.29, 1.82) is 0 Å². The van der Waals surface area contributed by atoms with E-state index in [1.54, 1.807) is 13.2 Å². The number of halogens is 2. The van der Waals surface area contributed by atoms with E-state index < -0.39 is 0 Å². The summed E-state index contributed by atoms with van der Waals surface area (Å²) in [5.41, 5.74) is 1.45. The first-order chi connectivity index (χ1) is 10.2. The first-order valence-electron chi connectivity index (χ1n) is 6.70. The van der Waals surface area contributed by atoms with Crippen molar-refractivity contribution in [2.24, 2.45) is 0 Å². The van der Waals surface area contributed by atoms with Crippen molar-refractivity contribution in [3.05, 3.63) is 52.3 Å². The second-order valence-corrected chi connectivity index (χ2v) is 5.69. The van der Waals surface area contributed by atoms with Gasteiger partial charge in [0.1, 0.15) is 17.3 Å². The second kappa shape index (κ2) is 5.93. The fraction of sp³-hybridized carbons (Fsp3) is 0.250. The summed E-state index contributed by atoms with van der Waals surface area (Å²) in [6, 6.07) is 10.6. The van der Waals surface area contributed by atoms with Crippen LogP contribution in [-0.4, -0.2) is 13.7 Å². The Bertz CT molecular complexity index is 642. The number of benzene rings is 2. The van der Waals surface area contributed by atoms with Crippen LogP contribution in [0.4, 0.5) is 10.1 Å². The molecule has 0 spiro atoms. The van der Waals surface area contributed by atoms with Crippen LogP contribution in [0.25, 0.3) is 0 Å². The minimum Gasteiger partial charge on any atom is -0.497 e. The summed E-state index contributed by atoms with van der Waals surface area (Å²) in [5, 5.41) is 3.27. The van der Waals surface area contributed by atoms with Gasteiger partial charge in [-0.15, -0.1) is 0 Å². The maximum Gasteiger partial charge on any atom is 0.147 e. The van der Waals surface area contributed by atoms with E-state index in [2.05, 4.69) is 21.2 Å². The summed E-state index contributed by atoms with van der Waals surface area (Å²) in [6.07, 6.45) is 0.765. The van der Waals surface area contributed by atoms with Crippen LogP contribution < -0.4 is 14.8 Å². The van der Waals surface area contributed by atoms with Crippen LogP contribution in [0.2, 0.25) is 0 Å². The molecule has 1 aliphatic rings. The van der Waals surface area contributed by atoms with Crippen molar-refractivity contribution >= 4 is 21.6 Å². The second-order valence-electron chi connectivity index (χ2n) is 4.83. The van der Waals surface area contributed by atoms with Crippen LogP contribution >= 0.6 is 15.9 Å². The smallest absolute Gasteiger partial charge is 0.147 e.